The lowest BCUT2D eigenvalue weighted by Crippen LogP contribution is -2.06. The van der Waals surface area contributed by atoms with Crippen molar-refractivity contribution < 1.29 is 4.74 Å². The highest BCUT2D eigenvalue weighted by Gasteiger charge is 2.10. The van der Waals surface area contributed by atoms with Crippen molar-refractivity contribution in [1.82, 2.24) is 15.0 Å². The van der Waals surface area contributed by atoms with Gasteiger partial charge < -0.3 is 15.8 Å². The van der Waals surface area contributed by atoms with Gasteiger partial charge in [0.25, 0.3) is 0 Å². The van der Waals surface area contributed by atoms with Gasteiger partial charge in [0.2, 0.25) is 11.9 Å². The Morgan fingerprint density at radius 1 is 1.10 bits per heavy atom. The van der Waals surface area contributed by atoms with Crippen LogP contribution in [-0.2, 0) is 0 Å². The molecular formula is C23H24N6O. The number of para-hydroxylation sites is 1. The van der Waals surface area contributed by atoms with E-state index in [1.165, 1.54) is 0 Å². The van der Waals surface area contributed by atoms with Gasteiger partial charge in [0.05, 0.1) is 12.2 Å². The topological polar surface area (TPSA) is 110 Å². The Morgan fingerprint density at radius 3 is 2.50 bits per heavy atom. The molecule has 7 nitrogen and oxygen atoms in total. The zero-order chi connectivity index (χ0) is 21.3. The summed E-state index contributed by atoms with van der Waals surface area (Å²) >= 11 is 0. The van der Waals surface area contributed by atoms with Crippen molar-refractivity contribution in [2.45, 2.75) is 20.3 Å². The van der Waals surface area contributed by atoms with E-state index in [2.05, 4.69) is 40.2 Å². The molecule has 0 amide bonds. The number of nitrogen functional groups attached to an aromatic ring is 1. The molecule has 0 saturated carbocycles. The van der Waals surface area contributed by atoms with E-state index >= 15 is 0 Å². The van der Waals surface area contributed by atoms with Crippen molar-refractivity contribution in [2.24, 2.45) is 5.92 Å². The first kappa shape index (κ1) is 20.8. The van der Waals surface area contributed by atoms with Gasteiger partial charge in [0.15, 0.2) is 5.82 Å². The van der Waals surface area contributed by atoms with E-state index < -0.39 is 0 Å². The summed E-state index contributed by atoms with van der Waals surface area (Å²) in [5.74, 6) is 1.91. The predicted octanol–water partition coefficient (Wildman–Crippen LogP) is 4.69. The number of nitriles is 1. The zero-order valence-electron chi connectivity index (χ0n) is 17.0. The number of aromatic nitrogens is 3. The van der Waals surface area contributed by atoms with Crippen molar-refractivity contribution >= 4 is 29.2 Å². The Balaban J connectivity index is 1.78. The fourth-order valence-corrected chi connectivity index (χ4v) is 2.61. The highest BCUT2D eigenvalue weighted by atomic mass is 16.5. The number of hydrogen-bond acceptors (Lipinski definition) is 7. The van der Waals surface area contributed by atoms with Crippen molar-refractivity contribution in [3.8, 4) is 11.8 Å². The average molecular weight is 400 g/mol. The predicted molar refractivity (Wildman–Crippen MR) is 119 cm³/mol. The first-order valence-corrected chi connectivity index (χ1v) is 9.72. The largest absolute Gasteiger partial charge is 0.494 e. The third-order valence-corrected chi connectivity index (χ3v) is 4.20. The monoisotopic (exact) mass is 400 g/mol. The third kappa shape index (κ3) is 6.04. The van der Waals surface area contributed by atoms with Crippen LogP contribution in [0.15, 0.2) is 54.6 Å². The van der Waals surface area contributed by atoms with Crippen molar-refractivity contribution in [1.29, 1.82) is 5.26 Å². The normalized spacial score (nSPS) is 11.2. The third-order valence-electron chi connectivity index (χ3n) is 4.20. The van der Waals surface area contributed by atoms with Gasteiger partial charge >= 0.3 is 0 Å². The Hall–Kier alpha value is -3.92. The molecule has 1 heterocycles. The molecule has 0 radical (unpaired) electrons. The molecule has 30 heavy (non-hydrogen) atoms. The quantitative estimate of drug-likeness (QED) is 0.528. The number of nitrogens with zero attached hydrogens (tertiary/aromatic N) is 4. The van der Waals surface area contributed by atoms with Gasteiger partial charge in [-0.2, -0.15) is 20.2 Å². The van der Waals surface area contributed by atoms with Crippen LogP contribution in [0.5, 0.6) is 5.75 Å². The number of allylic oxidation sites excluding steroid dienone is 1. The van der Waals surface area contributed by atoms with E-state index in [0.29, 0.717) is 12.5 Å². The fraction of sp³-hybridized carbons (Fsp3) is 0.217. The van der Waals surface area contributed by atoms with Crippen LogP contribution >= 0.6 is 0 Å². The smallest absolute Gasteiger partial charge is 0.232 e. The first-order chi connectivity index (χ1) is 14.5. The van der Waals surface area contributed by atoms with Gasteiger partial charge in [0, 0.05) is 5.69 Å². The second kappa shape index (κ2) is 10.0. The maximum absolute atomic E-state index is 9.63. The summed E-state index contributed by atoms with van der Waals surface area (Å²) in [5, 5.41) is 12.7. The summed E-state index contributed by atoms with van der Waals surface area (Å²) < 4.78 is 5.73. The number of benzene rings is 2. The van der Waals surface area contributed by atoms with E-state index in [-0.39, 0.29) is 23.3 Å². The highest BCUT2D eigenvalue weighted by molar-refractivity contribution is 5.87. The number of hydrogen-bond donors (Lipinski definition) is 2. The van der Waals surface area contributed by atoms with Crippen LogP contribution < -0.4 is 15.8 Å². The number of nitrogens with one attached hydrogen (secondary N) is 1. The van der Waals surface area contributed by atoms with Crippen LogP contribution in [0.3, 0.4) is 0 Å². The average Bonchev–Trinajstić information content (AvgIpc) is 2.73. The van der Waals surface area contributed by atoms with E-state index in [0.717, 1.165) is 23.4 Å². The Morgan fingerprint density at radius 2 is 1.83 bits per heavy atom. The Labute approximate surface area is 176 Å². The Kier molecular flexibility index (Phi) is 6.95. The molecule has 1 aromatic heterocycles. The van der Waals surface area contributed by atoms with E-state index in [1.807, 2.05) is 54.6 Å². The summed E-state index contributed by atoms with van der Waals surface area (Å²) in [5.41, 5.74) is 7.76. The molecule has 3 aromatic rings. The van der Waals surface area contributed by atoms with E-state index in [4.69, 9.17) is 10.5 Å². The van der Waals surface area contributed by atoms with Gasteiger partial charge in [-0.3, -0.25) is 0 Å². The maximum Gasteiger partial charge on any atom is 0.232 e. The van der Waals surface area contributed by atoms with Crippen molar-refractivity contribution in [3.05, 3.63) is 66.0 Å². The molecule has 0 atom stereocenters. The van der Waals surface area contributed by atoms with Gasteiger partial charge in [-0.15, -0.1) is 0 Å². The van der Waals surface area contributed by atoms with Crippen LogP contribution in [0.25, 0.3) is 11.6 Å². The molecule has 7 heteroatoms. The van der Waals surface area contributed by atoms with Crippen LogP contribution in [0, 0.1) is 17.2 Å². The van der Waals surface area contributed by atoms with Crippen LogP contribution in [0.1, 0.15) is 31.7 Å². The van der Waals surface area contributed by atoms with Gasteiger partial charge in [-0.1, -0.05) is 44.2 Å². The standard InChI is InChI=1S/C23H24N6O/c1-16(2)12-13-30-20-10-8-17(9-11-20)14-18(15-24)21-27-22(25)29-23(28-21)26-19-6-4-3-5-7-19/h3-11,14,16H,12-13H2,1-2H3,(H3,25,26,27,28,29)/b18-14+. The molecule has 0 bridgehead atoms. The molecule has 0 aliphatic carbocycles. The van der Waals surface area contributed by atoms with Crippen LogP contribution in [0.4, 0.5) is 17.6 Å². The summed E-state index contributed by atoms with van der Waals surface area (Å²) in [6.07, 6.45) is 2.71. The number of rotatable bonds is 8. The Bertz CT molecular complexity index is 1040. The molecule has 3 rings (SSSR count). The van der Waals surface area contributed by atoms with Gasteiger partial charge in [0.1, 0.15) is 11.8 Å². The molecule has 0 unspecified atom stereocenters. The van der Waals surface area contributed by atoms with Crippen molar-refractivity contribution in [3.63, 3.8) is 0 Å². The van der Waals surface area contributed by atoms with Gasteiger partial charge in [-0.25, -0.2) is 0 Å². The molecule has 2 aromatic carbocycles. The SMILES string of the molecule is CC(C)CCOc1ccc(/C=C(\C#N)c2nc(N)nc(Nc3ccccc3)n2)cc1. The van der Waals surface area contributed by atoms with E-state index in [9.17, 15) is 5.26 Å². The zero-order valence-corrected chi connectivity index (χ0v) is 17.0. The van der Waals surface area contributed by atoms with E-state index in [1.54, 1.807) is 6.08 Å². The summed E-state index contributed by atoms with van der Waals surface area (Å²) in [4.78, 5) is 12.6. The molecule has 0 saturated heterocycles. The number of anilines is 3. The lowest BCUT2D eigenvalue weighted by Gasteiger charge is -2.08. The molecule has 0 fully saturated rings. The molecule has 0 aliphatic rings. The lowest BCUT2D eigenvalue weighted by molar-refractivity contribution is 0.289. The minimum Gasteiger partial charge on any atom is -0.494 e. The van der Waals surface area contributed by atoms with Crippen LogP contribution in [0.2, 0.25) is 0 Å². The first-order valence-electron chi connectivity index (χ1n) is 9.72. The second-order valence-corrected chi connectivity index (χ2v) is 7.10. The summed E-state index contributed by atoms with van der Waals surface area (Å²) in [7, 11) is 0. The van der Waals surface area contributed by atoms with Gasteiger partial charge in [-0.05, 0) is 48.2 Å². The molecule has 0 spiro atoms. The number of ether oxygens (including phenoxy) is 1. The molecule has 152 valence electrons. The van der Waals surface area contributed by atoms with Crippen molar-refractivity contribution in [2.75, 3.05) is 17.7 Å². The lowest BCUT2D eigenvalue weighted by atomic mass is 10.1. The minimum absolute atomic E-state index is 0.0356. The van der Waals surface area contributed by atoms with Crippen LogP contribution in [-0.4, -0.2) is 21.6 Å². The molecule has 3 N–H and O–H groups in total. The minimum atomic E-state index is 0.0356. The molecule has 0 aliphatic heterocycles. The maximum atomic E-state index is 9.63. The fourth-order valence-electron chi connectivity index (χ4n) is 2.61. The highest BCUT2D eigenvalue weighted by Crippen LogP contribution is 2.20. The summed E-state index contributed by atoms with van der Waals surface area (Å²) in [6, 6.07) is 19.1. The number of nitrogens with two attached hydrogens (primary N) is 1. The molecular weight excluding hydrogens is 376 g/mol. The second-order valence-electron chi connectivity index (χ2n) is 7.10. The summed E-state index contributed by atoms with van der Waals surface area (Å²) in [6.45, 7) is 5.00.